The summed E-state index contributed by atoms with van der Waals surface area (Å²) in [6, 6.07) is -0.638. The summed E-state index contributed by atoms with van der Waals surface area (Å²) in [5.41, 5.74) is 0. The van der Waals surface area contributed by atoms with E-state index in [4.69, 9.17) is 15.9 Å². The Morgan fingerprint density at radius 3 is 2.58 bits per heavy atom. The number of esters is 1. The minimum absolute atomic E-state index is 0.0165. The van der Waals surface area contributed by atoms with Crippen molar-refractivity contribution in [2.24, 2.45) is 11.8 Å². The molecule has 1 aliphatic heterocycles. The van der Waals surface area contributed by atoms with Gasteiger partial charge >= 0.3 is 12.1 Å². The lowest BCUT2D eigenvalue weighted by Crippen LogP contribution is -2.48. The zero-order valence-electron chi connectivity index (χ0n) is 15.0. The molecule has 1 N–H and O–H groups in total. The molecule has 6 nitrogen and oxygen atoms in total. The highest BCUT2D eigenvalue weighted by atomic mass is 16.6. The molecule has 2 unspecified atom stereocenters. The zero-order valence-corrected chi connectivity index (χ0v) is 15.0. The Morgan fingerprint density at radius 1 is 1.33 bits per heavy atom. The van der Waals surface area contributed by atoms with Crippen LogP contribution in [0.5, 0.6) is 0 Å². The maximum Gasteiger partial charge on any atom is 0.410 e. The first-order valence-electron chi connectivity index (χ1n) is 8.64. The van der Waals surface area contributed by atoms with E-state index in [1.807, 2.05) is 13.8 Å². The number of methoxy groups -OCH3 is 1. The molecule has 6 heteroatoms. The largest absolute Gasteiger partial charge is 0.461 e. The number of terminal acetylenes is 1. The Morgan fingerprint density at radius 2 is 2.04 bits per heavy atom. The molecular formula is C18H28N2O4. The SMILES string of the molecule is C#CC1C[C@H]2[C@@H](OC(=O)C(NC)C(C)C)CCC[C@H]2N1C(=O)OC. The van der Waals surface area contributed by atoms with Gasteiger partial charge in [0.1, 0.15) is 12.1 Å². The standard InChI is InChI=1S/C18H28N2O4/c1-6-12-10-13-14(20(12)18(22)23-5)8-7-9-15(13)24-17(21)16(19-4)11(2)3/h1,11-16,19H,7-10H2,2-5H3/t12?,13-,14-,15+,16?/m1/s1. The van der Waals surface area contributed by atoms with E-state index >= 15 is 0 Å². The topological polar surface area (TPSA) is 67.9 Å². The van der Waals surface area contributed by atoms with Crippen LogP contribution >= 0.6 is 0 Å². The third-order valence-corrected chi connectivity index (χ3v) is 5.23. The molecular weight excluding hydrogens is 308 g/mol. The summed E-state index contributed by atoms with van der Waals surface area (Å²) in [4.78, 5) is 26.2. The van der Waals surface area contributed by atoms with Crippen LogP contribution in [-0.2, 0) is 14.3 Å². The van der Waals surface area contributed by atoms with Crippen LogP contribution in [0.3, 0.4) is 0 Å². The highest BCUT2D eigenvalue weighted by Crippen LogP contribution is 2.41. The summed E-state index contributed by atoms with van der Waals surface area (Å²) in [7, 11) is 3.13. The number of nitrogens with one attached hydrogen (secondary N) is 1. The Bertz CT molecular complexity index is 514. The molecule has 1 saturated carbocycles. The highest BCUT2D eigenvalue weighted by molar-refractivity contribution is 5.76. The molecule has 0 aromatic carbocycles. The molecule has 1 amide bonds. The predicted octanol–water partition coefficient (Wildman–Crippen LogP) is 1.78. The fraction of sp³-hybridized carbons (Fsp3) is 0.778. The minimum atomic E-state index is -0.396. The second-order valence-electron chi connectivity index (χ2n) is 6.94. The number of amides is 1. The molecule has 1 heterocycles. The summed E-state index contributed by atoms with van der Waals surface area (Å²) in [6.07, 6.45) is 8.25. The number of likely N-dealkylation sites (N-methyl/N-ethyl adjacent to an activating group) is 1. The van der Waals surface area contributed by atoms with Gasteiger partial charge in [-0.25, -0.2) is 4.79 Å². The molecule has 0 aromatic rings. The van der Waals surface area contributed by atoms with Crippen LogP contribution in [0.1, 0.15) is 39.5 Å². The number of carbonyl (C=O) groups is 2. The van der Waals surface area contributed by atoms with Crippen molar-refractivity contribution in [3.8, 4) is 12.3 Å². The van der Waals surface area contributed by atoms with Gasteiger partial charge in [0.2, 0.25) is 0 Å². The molecule has 24 heavy (non-hydrogen) atoms. The van der Waals surface area contributed by atoms with E-state index in [2.05, 4.69) is 11.2 Å². The quantitative estimate of drug-likeness (QED) is 0.626. The molecule has 0 bridgehead atoms. The fourth-order valence-electron chi connectivity index (χ4n) is 4.07. The van der Waals surface area contributed by atoms with Gasteiger partial charge < -0.3 is 14.8 Å². The number of rotatable bonds is 4. The molecule has 134 valence electrons. The van der Waals surface area contributed by atoms with Crippen LogP contribution in [-0.4, -0.2) is 55.3 Å². The van der Waals surface area contributed by atoms with Gasteiger partial charge in [0, 0.05) is 12.0 Å². The second kappa shape index (κ2) is 7.89. The maximum atomic E-state index is 12.5. The summed E-state index contributed by atoms with van der Waals surface area (Å²) < 4.78 is 10.7. The zero-order chi connectivity index (χ0) is 17.9. The minimum Gasteiger partial charge on any atom is -0.461 e. The normalized spacial score (nSPS) is 30.4. The van der Waals surface area contributed by atoms with Crippen LogP contribution in [0.25, 0.3) is 0 Å². The molecule has 0 radical (unpaired) electrons. The number of ether oxygens (including phenoxy) is 2. The molecule has 0 spiro atoms. The first kappa shape index (κ1) is 18.6. The third-order valence-electron chi connectivity index (χ3n) is 5.23. The summed E-state index contributed by atoms with van der Waals surface area (Å²) in [5, 5.41) is 3.02. The summed E-state index contributed by atoms with van der Waals surface area (Å²) in [5.74, 6) is 2.68. The van der Waals surface area contributed by atoms with Gasteiger partial charge in [-0.2, -0.15) is 0 Å². The Balaban J connectivity index is 2.13. The summed E-state index contributed by atoms with van der Waals surface area (Å²) >= 11 is 0. The number of nitrogens with zero attached hydrogens (tertiary/aromatic N) is 1. The highest BCUT2D eigenvalue weighted by Gasteiger charge is 2.49. The second-order valence-corrected chi connectivity index (χ2v) is 6.94. The fourth-order valence-corrected chi connectivity index (χ4v) is 4.07. The maximum absolute atomic E-state index is 12.5. The molecule has 2 aliphatic rings. The van der Waals surface area contributed by atoms with Crippen molar-refractivity contribution < 1.29 is 19.1 Å². The van der Waals surface area contributed by atoms with Gasteiger partial charge in [0.05, 0.1) is 13.2 Å². The van der Waals surface area contributed by atoms with Crippen LogP contribution < -0.4 is 5.32 Å². The van der Waals surface area contributed by atoms with Gasteiger partial charge in [-0.15, -0.1) is 6.42 Å². The van der Waals surface area contributed by atoms with Crippen molar-refractivity contribution in [3.05, 3.63) is 0 Å². The van der Waals surface area contributed by atoms with E-state index in [0.717, 1.165) is 19.3 Å². The predicted molar refractivity (Wildman–Crippen MR) is 90.2 cm³/mol. The van der Waals surface area contributed by atoms with E-state index in [1.165, 1.54) is 7.11 Å². The first-order valence-corrected chi connectivity index (χ1v) is 8.64. The molecule has 0 aromatic heterocycles. The van der Waals surface area contributed by atoms with Crippen molar-refractivity contribution in [3.63, 3.8) is 0 Å². The van der Waals surface area contributed by atoms with Gasteiger partial charge in [-0.1, -0.05) is 19.8 Å². The number of fused-ring (bicyclic) bond motifs is 1. The monoisotopic (exact) mass is 336 g/mol. The van der Waals surface area contributed by atoms with Gasteiger partial charge in [0.25, 0.3) is 0 Å². The van der Waals surface area contributed by atoms with Crippen LogP contribution in [0.15, 0.2) is 0 Å². The first-order chi connectivity index (χ1) is 11.4. The number of carbonyl (C=O) groups excluding carboxylic acids is 2. The van der Waals surface area contributed by atoms with Crippen molar-refractivity contribution in [2.45, 2.75) is 63.8 Å². The van der Waals surface area contributed by atoms with Crippen molar-refractivity contribution in [1.82, 2.24) is 10.2 Å². The van der Waals surface area contributed by atoms with Gasteiger partial charge in [-0.05, 0) is 38.6 Å². The molecule has 1 aliphatic carbocycles. The molecule has 2 fully saturated rings. The van der Waals surface area contributed by atoms with Crippen molar-refractivity contribution in [2.75, 3.05) is 14.2 Å². The van der Waals surface area contributed by atoms with E-state index < -0.39 is 6.09 Å². The lowest BCUT2D eigenvalue weighted by molar-refractivity contribution is -0.157. The average Bonchev–Trinajstić information content (AvgIpc) is 2.94. The van der Waals surface area contributed by atoms with Crippen LogP contribution in [0, 0.1) is 24.2 Å². The lowest BCUT2D eigenvalue weighted by atomic mass is 9.82. The Hall–Kier alpha value is -1.74. The van der Waals surface area contributed by atoms with E-state index in [1.54, 1.807) is 11.9 Å². The Kier molecular flexibility index (Phi) is 6.11. The van der Waals surface area contributed by atoms with E-state index in [-0.39, 0.29) is 42.0 Å². The molecule has 2 rings (SSSR count). The molecule has 5 atom stereocenters. The van der Waals surface area contributed by atoms with Crippen molar-refractivity contribution in [1.29, 1.82) is 0 Å². The Labute approximate surface area is 144 Å². The lowest BCUT2D eigenvalue weighted by Gasteiger charge is -2.36. The van der Waals surface area contributed by atoms with Gasteiger partial charge in [0.15, 0.2) is 0 Å². The van der Waals surface area contributed by atoms with Crippen LogP contribution in [0.4, 0.5) is 4.79 Å². The van der Waals surface area contributed by atoms with Gasteiger partial charge in [-0.3, -0.25) is 9.69 Å². The van der Waals surface area contributed by atoms with E-state index in [0.29, 0.717) is 6.42 Å². The summed E-state index contributed by atoms with van der Waals surface area (Å²) in [6.45, 7) is 3.96. The third kappa shape index (κ3) is 3.51. The molecule has 1 saturated heterocycles. The smallest absolute Gasteiger partial charge is 0.410 e. The number of likely N-dealkylation sites (tertiary alicyclic amines) is 1. The van der Waals surface area contributed by atoms with Crippen molar-refractivity contribution >= 4 is 12.1 Å². The number of hydrogen-bond acceptors (Lipinski definition) is 5. The average molecular weight is 336 g/mol. The number of hydrogen-bond donors (Lipinski definition) is 1. The van der Waals surface area contributed by atoms with Crippen LogP contribution in [0.2, 0.25) is 0 Å². The van der Waals surface area contributed by atoms with E-state index in [9.17, 15) is 9.59 Å².